The Hall–Kier alpha value is -2.40. The standard InChI is InChI=1S/C25H28O5/c1-12(2)11-18(26)25-15(5)16-10-9-14(4)19(16)22(29-25)21-23(30-25)20-13(3)7-6-8-17(20)28-24(21)27/h6-8,12,14,19,22H,9-11H2,1-5H3/t14-,19+,22-,25-/m0/s1. The number of benzene rings is 1. The fraction of sp³-hybridized carbons (Fsp3) is 0.520. The quantitative estimate of drug-likeness (QED) is 0.513. The summed E-state index contributed by atoms with van der Waals surface area (Å²) < 4.78 is 18.7. The molecule has 5 nitrogen and oxygen atoms in total. The maximum absolute atomic E-state index is 13.6. The lowest BCUT2D eigenvalue weighted by Gasteiger charge is -2.48. The first-order valence-electron chi connectivity index (χ1n) is 10.9. The Kier molecular flexibility index (Phi) is 4.27. The van der Waals surface area contributed by atoms with Gasteiger partial charge in [0, 0.05) is 17.9 Å². The van der Waals surface area contributed by atoms with E-state index in [1.807, 2.05) is 39.8 Å². The number of hydrogen-bond donors (Lipinski definition) is 0. The SMILES string of the molecule is CC1=C2CC[C@H](C)[C@H]2[C@@H]2O[C@]1(C(=O)CC(C)C)Oc1c2c(=O)oc2cccc(C)c12. The summed E-state index contributed by atoms with van der Waals surface area (Å²) in [6.07, 6.45) is 1.75. The highest BCUT2D eigenvalue weighted by molar-refractivity contribution is 5.93. The van der Waals surface area contributed by atoms with E-state index < -0.39 is 17.5 Å². The van der Waals surface area contributed by atoms with Gasteiger partial charge in [-0.05, 0) is 50.2 Å². The predicted molar refractivity (Wildman–Crippen MR) is 113 cm³/mol. The molecular formula is C25H28O5. The van der Waals surface area contributed by atoms with Gasteiger partial charge in [0.2, 0.25) is 5.78 Å². The molecule has 1 aliphatic carbocycles. The van der Waals surface area contributed by atoms with Crippen LogP contribution in [-0.4, -0.2) is 11.6 Å². The van der Waals surface area contributed by atoms with Crippen LogP contribution in [0.15, 0.2) is 38.6 Å². The van der Waals surface area contributed by atoms with Gasteiger partial charge in [-0.2, -0.15) is 0 Å². The van der Waals surface area contributed by atoms with Crippen LogP contribution in [0.3, 0.4) is 0 Å². The molecule has 3 heterocycles. The van der Waals surface area contributed by atoms with Crippen LogP contribution in [-0.2, 0) is 9.53 Å². The number of ketones is 1. The summed E-state index contributed by atoms with van der Waals surface area (Å²) in [6, 6.07) is 5.59. The Bertz CT molecular complexity index is 1150. The molecule has 3 aliphatic rings. The second kappa shape index (κ2) is 6.55. The molecule has 0 spiro atoms. The molecule has 0 N–H and O–H groups in total. The molecule has 0 radical (unpaired) electrons. The summed E-state index contributed by atoms with van der Waals surface area (Å²) in [5, 5.41) is 0.754. The summed E-state index contributed by atoms with van der Waals surface area (Å²) in [6.45, 7) is 10.2. The maximum atomic E-state index is 13.6. The zero-order valence-electron chi connectivity index (χ0n) is 18.2. The summed E-state index contributed by atoms with van der Waals surface area (Å²) >= 11 is 0. The number of carbonyl (C=O) groups is 1. The molecule has 1 aromatic carbocycles. The van der Waals surface area contributed by atoms with Crippen molar-refractivity contribution in [3.05, 3.63) is 50.9 Å². The van der Waals surface area contributed by atoms with Crippen LogP contribution in [0.4, 0.5) is 0 Å². The average molecular weight is 408 g/mol. The Morgan fingerprint density at radius 2 is 2.03 bits per heavy atom. The smallest absolute Gasteiger partial charge is 0.345 e. The Morgan fingerprint density at radius 1 is 1.27 bits per heavy atom. The van der Waals surface area contributed by atoms with Gasteiger partial charge in [0.05, 0.1) is 5.39 Å². The number of rotatable bonds is 3. The minimum Gasteiger partial charge on any atom is -0.450 e. The van der Waals surface area contributed by atoms with Crippen LogP contribution in [0, 0.1) is 24.7 Å². The second-order valence-electron chi connectivity index (χ2n) is 9.55. The molecule has 5 rings (SSSR count). The molecule has 1 fully saturated rings. The molecule has 1 saturated carbocycles. The van der Waals surface area contributed by atoms with Gasteiger partial charge in [-0.1, -0.05) is 38.5 Å². The highest BCUT2D eigenvalue weighted by atomic mass is 16.7. The van der Waals surface area contributed by atoms with Crippen molar-refractivity contribution in [1.82, 2.24) is 0 Å². The number of Topliss-reactive ketones (excluding diaryl/α,β-unsaturated/α-hetero) is 1. The second-order valence-corrected chi connectivity index (χ2v) is 9.55. The van der Waals surface area contributed by atoms with Crippen LogP contribution in [0.25, 0.3) is 11.0 Å². The van der Waals surface area contributed by atoms with E-state index in [4.69, 9.17) is 13.9 Å². The number of ether oxygens (including phenoxy) is 2. The van der Waals surface area contributed by atoms with Gasteiger partial charge in [0.1, 0.15) is 23.0 Å². The zero-order chi connectivity index (χ0) is 21.4. The first-order valence-corrected chi connectivity index (χ1v) is 10.9. The van der Waals surface area contributed by atoms with Crippen molar-refractivity contribution >= 4 is 16.8 Å². The third-order valence-electron chi connectivity index (χ3n) is 7.10. The van der Waals surface area contributed by atoms with Gasteiger partial charge in [0.15, 0.2) is 0 Å². The normalized spacial score (nSPS) is 29.7. The third-order valence-corrected chi connectivity index (χ3v) is 7.10. The van der Waals surface area contributed by atoms with Crippen molar-refractivity contribution < 1.29 is 18.7 Å². The lowest BCUT2D eigenvalue weighted by atomic mass is 9.77. The van der Waals surface area contributed by atoms with E-state index in [0.29, 0.717) is 29.2 Å². The maximum Gasteiger partial charge on any atom is 0.345 e. The Balaban J connectivity index is 1.83. The topological polar surface area (TPSA) is 65.7 Å². The monoisotopic (exact) mass is 408 g/mol. The minimum atomic E-state index is -1.46. The van der Waals surface area contributed by atoms with Gasteiger partial charge in [-0.3, -0.25) is 4.79 Å². The van der Waals surface area contributed by atoms with Gasteiger partial charge in [0.25, 0.3) is 5.79 Å². The lowest BCUT2D eigenvalue weighted by molar-refractivity contribution is -0.223. The summed E-state index contributed by atoms with van der Waals surface area (Å²) in [5.74, 6) is -0.471. The van der Waals surface area contributed by atoms with Crippen LogP contribution >= 0.6 is 0 Å². The Labute approximate surface area is 176 Å². The summed E-state index contributed by atoms with van der Waals surface area (Å²) in [7, 11) is 0. The van der Waals surface area contributed by atoms with Crippen molar-refractivity contribution in [2.24, 2.45) is 17.8 Å². The average Bonchev–Trinajstić information content (AvgIpc) is 3.07. The highest BCUT2D eigenvalue weighted by Crippen LogP contribution is 2.58. The van der Waals surface area contributed by atoms with E-state index in [-0.39, 0.29) is 17.6 Å². The first kappa shape index (κ1) is 19.6. The van der Waals surface area contributed by atoms with Gasteiger partial charge in [-0.15, -0.1) is 0 Å². The molecular weight excluding hydrogens is 380 g/mol. The largest absolute Gasteiger partial charge is 0.450 e. The molecule has 1 aromatic heterocycles. The molecule has 0 saturated heterocycles. The van der Waals surface area contributed by atoms with Crippen molar-refractivity contribution in [2.45, 2.75) is 65.8 Å². The molecule has 0 amide bonds. The minimum absolute atomic E-state index is 0.0667. The molecule has 158 valence electrons. The summed E-state index contributed by atoms with van der Waals surface area (Å²) in [5.41, 5.74) is 3.50. The Morgan fingerprint density at radius 3 is 2.77 bits per heavy atom. The van der Waals surface area contributed by atoms with Crippen LogP contribution in [0.5, 0.6) is 5.75 Å². The highest BCUT2D eigenvalue weighted by Gasteiger charge is 2.59. The fourth-order valence-electron chi connectivity index (χ4n) is 5.61. The number of carbonyl (C=O) groups excluding carboxylic acids is 1. The fourth-order valence-corrected chi connectivity index (χ4v) is 5.61. The van der Waals surface area contributed by atoms with E-state index >= 15 is 0 Å². The van der Waals surface area contributed by atoms with Gasteiger partial charge >= 0.3 is 5.63 Å². The van der Waals surface area contributed by atoms with E-state index in [9.17, 15) is 9.59 Å². The van der Waals surface area contributed by atoms with Gasteiger partial charge < -0.3 is 13.9 Å². The first-order chi connectivity index (χ1) is 14.2. The van der Waals surface area contributed by atoms with Crippen molar-refractivity contribution in [3.63, 3.8) is 0 Å². The predicted octanol–water partition coefficient (Wildman–Crippen LogP) is 5.24. The molecule has 2 aliphatic heterocycles. The van der Waals surface area contributed by atoms with Crippen LogP contribution in [0.2, 0.25) is 0 Å². The van der Waals surface area contributed by atoms with Crippen LogP contribution < -0.4 is 10.4 Å². The van der Waals surface area contributed by atoms with E-state index in [2.05, 4.69) is 6.92 Å². The van der Waals surface area contributed by atoms with E-state index in [0.717, 1.165) is 29.4 Å². The molecule has 5 heteroatoms. The van der Waals surface area contributed by atoms with E-state index in [1.54, 1.807) is 6.07 Å². The van der Waals surface area contributed by atoms with Gasteiger partial charge in [-0.25, -0.2) is 4.79 Å². The van der Waals surface area contributed by atoms with E-state index in [1.165, 1.54) is 5.57 Å². The number of aryl methyl sites for hydroxylation is 1. The number of hydrogen-bond acceptors (Lipinski definition) is 5. The molecule has 4 atom stereocenters. The van der Waals surface area contributed by atoms with Crippen molar-refractivity contribution in [2.75, 3.05) is 0 Å². The molecule has 2 bridgehead atoms. The third kappa shape index (κ3) is 2.51. The van der Waals surface area contributed by atoms with Crippen molar-refractivity contribution in [3.8, 4) is 5.75 Å². The van der Waals surface area contributed by atoms with Crippen molar-refractivity contribution in [1.29, 1.82) is 0 Å². The number of fused-ring (bicyclic) bond motifs is 8. The summed E-state index contributed by atoms with van der Waals surface area (Å²) in [4.78, 5) is 26.6. The lowest BCUT2D eigenvalue weighted by Crippen LogP contribution is -2.56. The molecule has 0 unspecified atom stereocenters. The zero-order valence-corrected chi connectivity index (χ0v) is 18.2. The van der Waals surface area contributed by atoms with Crippen LogP contribution in [0.1, 0.15) is 64.2 Å². The molecule has 2 aromatic rings. The molecule has 30 heavy (non-hydrogen) atoms.